The SMILES string of the molecule is CCCCOC(=O)c1cc2c(=O)c3cc(C)ccc3oc2nc1C. The summed E-state index contributed by atoms with van der Waals surface area (Å²) in [5.41, 5.74) is 2.29. The number of hydrogen-bond acceptors (Lipinski definition) is 5. The molecule has 0 saturated carbocycles. The fourth-order valence-corrected chi connectivity index (χ4v) is 2.58. The van der Waals surface area contributed by atoms with Gasteiger partial charge in [-0.05, 0) is 38.5 Å². The van der Waals surface area contributed by atoms with E-state index in [0.29, 0.717) is 34.2 Å². The number of aryl methyl sites for hydroxylation is 2. The normalized spacial score (nSPS) is 11.1. The summed E-state index contributed by atoms with van der Waals surface area (Å²) in [6.07, 6.45) is 1.75. The highest BCUT2D eigenvalue weighted by molar-refractivity contribution is 5.96. The van der Waals surface area contributed by atoms with Gasteiger partial charge in [-0.1, -0.05) is 25.0 Å². The first-order valence-electron chi connectivity index (χ1n) is 8.03. The molecule has 5 nitrogen and oxygen atoms in total. The highest BCUT2D eigenvalue weighted by Gasteiger charge is 2.17. The van der Waals surface area contributed by atoms with E-state index < -0.39 is 5.97 Å². The Kier molecular flexibility index (Phi) is 4.34. The van der Waals surface area contributed by atoms with Gasteiger partial charge >= 0.3 is 5.97 Å². The third kappa shape index (κ3) is 2.89. The number of carbonyl (C=O) groups is 1. The molecule has 0 amide bonds. The maximum atomic E-state index is 12.7. The number of unbranched alkanes of at least 4 members (excludes halogenated alkanes) is 1. The minimum absolute atomic E-state index is 0.190. The second-order valence-electron chi connectivity index (χ2n) is 5.89. The van der Waals surface area contributed by atoms with Crippen LogP contribution in [0.3, 0.4) is 0 Å². The van der Waals surface area contributed by atoms with Gasteiger partial charge in [0, 0.05) is 0 Å². The van der Waals surface area contributed by atoms with Crippen molar-refractivity contribution in [1.29, 1.82) is 0 Å². The van der Waals surface area contributed by atoms with E-state index in [2.05, 4.69) is 4.98 Å². The number of carbonyl (C=O) groups excluding carboxylic acids is 1. The van der Waals surface area contributed by atoms with Crippen molar-refractivity contribution in [3.8, 4) is 0 Å². The highest BCUT2D eigenvalue weighted by atomic mass is 16.5. The van der Waals surface area contributed by atoms with Crippen molar-refractivity contribution >= 4 is 28.0 Å². The predicted octanol–water partition coefficient (Wildman–Crippen LogP) is 3.91. The number of pyridine rings is 1. The summed E-state index contributed by atoms with van der Waals surface area (Å²) in [4.78, 5) is 29.2. The number of benzene rings is 1. The molecule has 3 rings (SSSR count). The molecule has 2 heterocycles. The molecule has 0 aliphatic rings. The van der Waals surface area contributed by atoms with E-state index in [4.69, 9.17) is 9.15 Å². The van der Waals surface area contributed by atoms with Crippen LogP contribution in [0.2, 0.25) is 0 Å². The number of aromatic nitrogens is 1. The molecule has 0 saturated heterocycles. The monoisotopic (exact) mass is 325 g/mol. The molecule has 0 radical (unpaired) electrons. The second kappa shape index (κ2) is 6.43. The van der Waals surface area contributed by atoms with Crippen molar-refractivity contribution in [1.82, 2.24) is 4.98 Å². The molecule has 0 N–H and O–H groups in total. The topological polar surface area (TPSA) is 69.4 Å². The number of hydrogen-bond donors (Lipinski definition) is 0. The minimum Gasteiger partial charge on any atom is -0.462 e. The lowest BCUT2D eigenvalue weighted by Crippen LogP contribution is -2.12. The van der Waals surface area contributed by atoms with Gasteiger partial charge in [-0.2, -0.15) is 0 Å². The first-order valence-corrected chi connectivity index (χ1v) is 8.03. The zero-order chi connectivity index (χ0) is 17.3. The van der Waals surface area contributed by atoms with Gasteiger partial charge in [0.2, 0.25) is 11.1 Å². The molecule has 1 aromatic carbocycles. The van der Waals surface area contributed by atoms with Crippen LogP contribution < -0.4 is 5.43 Å². The summed E-state index contributed by atoms with van der Waals surface area (Å²) in [7, 11) is 0. The first-order chi connectivity index (χ1) is 11.5. The molecule has 0 aliphatic carbocycles. The average Bonchev–Trinajstić information content (AvgIpc) is 2.55. The lowest BCUT2D eigenvalue weighted by molar-refractivity contribution is 0.0498. The summed E-state index contributed by atoms with van der Waals surface area (Å²) in [5.74, 6) is -0.459. The molecule has 0 fully saturated rings. The van der Waals surface area contributed by atoms with E-state index in [1.807, 2.05) is 19.9 Å². The van der Waals surface area contributed by atoms with Crippen LogP contribution in [0.4, 0.5) is 0 Å². The maximum Gasteiger partial charge on any atom is 0.340 e. The van der Waals surface area contributed by atoms with E-state index in [1.54, 1.807) is 19.1 Å². The molecule has 0 unspecified atom stereocenters. The van der Waals surface area contributed by atoms with Gasteiger partial charge < -0.3 is 9.15 Å². The Morgan fingerprint density at radius 2 is 2.00 bits per heavy atom. The van der Waals surface area contributed by atoms with Gasteiger partial charge in [0.1, 0.15) is 5.58 Å². The van der Waals surface area contributed by atoms with Crippen molar-refractivity contribution in [3.05, 3.63) is 51.3 Å². The number of fused-ring (bicyclic) bond motifs is 2. The third-order valence-corrected chi connectivity index (χ3v) is 3.96. The molecule has 24 heavy (non-hydrogen) atoms. The molecular formula is C19H19NO4. The highest BCUT2D eigenvalue weighted by Crippen LogP contribution is 2.21. The van der Waals surface area contributed by atoms with Gasteiger partial charge in [-0.15, -0.1) is 0 Å². The van der Waals surface area contributed by atoms with Crippen LogP contribution in [0.25, 0.3) is 22.1 Å². The van der Waals surface area contributed by atoms with E-state index in [9.17, 15) is 9.59 Å². The Morgan fingerprint density at radius 3 is 2.75 bits per heavy atom. The van der Waals surface area contributed by atoms with Crippen LogP contribution in [0.1, 0.15) is 41.4 Å². The summed E-state index contributed by atoms with van der Waals surface area (Å²) in [6, 6.07) is 6.94. The smallest absolute Gasteiger partial charge is 0.340 e. The fourth-order valence-electron chi connectivity index (χ4n) is 2.58. The predicted molar refractivity (Wildman–Crippen MR) is 92.4 cm³/mol. The number of ether oxygens (including phenoxy) is 1. The van der Waals surface area contributed by atoms with Gasteiger partial charge in [0.25, 0.3) is 0 Å². The first kappa shape index (κ1) is 16.2. The van der Waals surface area contributed by atoms with Crippen molar-refractivity contribution in [2.24, 2.45) is 0 Å². The average molecular weight is 325 g/mol. The summed E-state index contributed by atoms with van der Waals surface area (Å²) < 4.78 is 11.0. The van der Waals surface area contributed by atoms with E-state index in [0.717, 1.165) is 18.4 Å². The van der Waals surface area contributed by atoms with Crippen LogP contribution in [0.5, 0.6) is 0 Å². The van der Waals surface area contributed by atoms with Crippen LogP contribution >= 0.6 is 0 Å². The maximum absolute atomic E-state index is 12.7. The largest absolute Gasteiger partial charge is 0.462 e. The Morgan fingerprint density at radius 1 is 1.21 bits per heavy atom. The van der Waals surface area contributed by atoms with Crippen LogP contribution in [-0.4, -0.2) is 17.6 Å². The summed E-state index contributed by atoms with van der Waals surface area (Å²) in [6.45, 7) is 6.00. The van der Waals surface area contributed by atoms with Crippen molar-refractivity contribution in [2.75, 3.05) is 6.61 Å². The lowest BCUT2D eigenvalue weighted by atomic mass is 10.1. The molecule has 2 aromatic heterocycles. The molecule has 0 bridgehead atoms. The zero-order valence-corrected chi connectivity index (χ0v) is 14.0. The number of rotatable bonds is 4. The quantitative estimate of drug-likeness (QED) is 0.413. The van der Waals surface area contributed by atoms with Crippen LogP contribution in [-0.2, 0) is 4.74 Å². The van der Waals surface area contributed by atoms with Crippen LogP contribution in [0, 0.1) is 13.8 Å². The van der Waals surface area contributed by atoms with Crippen molar-refractivity contribution in [2.45, 2.75) is 33.6 Å². The molecule has 5 heteroatoms. The van der Waals surface area contributed by atoms with Crippen molar-refractivity contribution < 1.29 is 13.9 Å². The van der Waals surface area contributed by atoms with Gasteiger partial charge in [-0.3, -0.25) is 4.79 Å². The molecule has 0 aliphatic heterocycles. The Bertz CT molecular complexity index is 988. The third-order valence-electron chi connectivity index (χ3n) is 3.96. The Labute approximate surface area is 139 Å². The Hall–Kier alpha value is -2.69. The van der Waals surface area contributed by atoms with Gasteiger partial charge in [-0.25, -0.2) is 9.78 Å². The zero-order valence-electron chi connectivity index (χ0n) is 14.0. The van der Waals surface area contributed by atoms with E-state index >= 15 is 0 Å². The van der Waals surface area contributed by atoms with Crippen molar-refractivity contribution in [3.63, 3.8) is 0 Å². The van der Waals surface area contributed by atoms with Gasteiger partial charge in [0.15, 0.2) is 0 Å². The van der Waals surface area contributed by atoms with E-state index in [-0.39, 0.29) is 11.1 Å². The van der Waals surface area contributed by atoms with Crippen LogP contribution in [0.15, 0.2) is 33.5 Å². The number of nitrogens with zero attached hydrogens (tertiary/aromatic N) is 1. The summed E-state index contributed by atoms with van der Waals surface area (Å²) in [5, 5.41) is 0.777. The molecule has 0 atom stereocenters. The molecule has 124 valence electrons. The second-order valence-corrected chi connectivity index (χ2v) is 5.89. The minimum atomic E-state index is -0.459. The number of esters is 1. The lowest BCUT2D eigenvalue weighted by Gasteiger charge is -2.08. The molecular weight excluding hydrogens is 306 g/mol. The molecule has 0 spiro atoms. The summed E-state index contributed by atoms with van der Waals surface area (Å²) >= 11 is 0. The standard InChI is InChI=1S/C19H19NO4/c1-4-5-8-23-19(22)13-10-15-17(21)14-9-11(2)6-7-16(14)24-18(15)20-12(13)3/h6-7,9-10H,4-5,8H2,1-3H3. The van der Waals surface area contributed by atoms with Gasteiger partial charge in [0.05, 0.1) is 28.6 Å². The fraction of sp³-hybridized carbons (Fsp3) is 0.316. The van der Waals surface area contributed by atoms with E-state index in [1.165, 1.54) is 6.07 Å². The Balaban J connectivity index is 2.15. The molecule has 3 aromatic rings.